The molecular formula is C14H14O2. The van der Waals surface area contributed by atoms with E-state index in [0.29, 0.717) is 12.2 Å². The molecule has 0 spiro atoms. The molecule has 1 heterocycles. The van der Waals surface area contributed by atoms with Crippen molar-refractivity contribution in [2.45, 2.75) is 27.2 Å². The van der Waals surface area contributed by atoms with Gasteiger partial charge in [0, 0.05) is 11.0 Å². The normalized spacial score (nSPS) is 13.8. The number of rotatable bonds is 0. The maximum Gasteiger partial charge on any atom is 0.315 e. The van der Waals surface area contributed by atoms with Crippen molar-refractivity contribution in [3.05, 3.63) is 29.3 Å². The summed E-state index contributed by atoms with van der Waals surface area (Å²) in [5.41, 5.74) is 1.69. The second-order valence-corrected chi connectivity index (χ2v) is 4.94. The molecule has 0 aromatic heterocycles. The van der Waals surface area contributed by atoms with E-state index < -0.39 is 0 Å². The molecule has 0 amide bonds. The Morgan fingerprint density at radius 2 is 2.06 bits per heavy atom. The third-order valence-electron chi connectivity index (χ3n) is 2.22. The van der Waals surface area contributed by atoms with E-state index >= 15 is 0 Å². The Balaban J connectivity index is 2.40. The van der Waals surface area contributed by atoms with Crippen LogP contribution in [0.25, 0.3) is 0 Å². The van der Waals surface area contributed by atoms with E-state index in [4.69, 9.17) is 4.74 Å². The first kappa shape index (κ1) is 10.8. The average Bonchev–Trinajstić information content (AvgIpc) is 2.54. The summed E-state index contributed by atoms with van der Waals surface area (Å²) in [5, 5.41) is 0. The summed E-state index contributed by atoms with van der Waals surface area (Å²) in [5.74, 6) is 6.67. The van der Waals surface area contributed by atoms with Crippen LogP contribution >= 0.6 is 0 Å². The van der Waals surface area contributed by atoms with Crippen molar-refractivity contribution < 1.29 is 9.53 Å². The lowest BCUT2D eigenvalue weighted by atomic mass is 9.97. The van der Waals surface area contributed by atoms with E-state index in [-0.39, 0.29) is 11.4 Å². The molecule has 0 fully saturated rings. The van der Waals surface area contributed by atoms with Gasteiger partial charge in [0.1, 0.15) is 5.75 Å². The summed E-state index contributed by atoms with van der Waals surface area (Å²) in [6.07, 6.45) is 0.361. The molecule has 2 nitrogen and oxygen atoms in total. The Morgan fingerprint density at radius 3 is 2.75 bits per heavy atom. The molecule has 1 aromatic carbocycles. The van der Waals surface area contributed by atoms with Crippen molar-refractivity contribution in [3.8, 4) is 17.6 Å². The Morgan fingerprint density at radius 1 is 1.31 bits per heavy atom. The van der Waals surface area contributed by atoms with Crippen LogP contribution in [0.3, 0.4) is 0 Å². The molecule has 0 radical (unpaired) electrons. The molecule has 16 heavy (non-hydrogen) atoms. The van der Waals surface area contributed by atoms with E-state index in [1.165, 1.54) is 0 Å². The number of ether oxygens (including phenoxy) is 1. The first-order valence-electron chi connectivity index (χ1n) is 5.31. The largest absolute Gasteiger partial charge is 0.425 e. The van der Waals surface area contributed by atoms with Gasteiger partial charge in [0.25, 0.3) is 0 Å². The fourth-order valence-electron chi connectivity index (χ4n) is 1.50. The van der Waals surface area contributed by atoms with E-state index in [9.17, 15) is 4.79 Å². The van der Waals surface area contributed by atoms with Gasteiger partial charge in [-0.25, -0.2) is 0 Å². The van der Waals surface area contributed by atoms with Crippen LogP contribution in [0, 0.1) is 17.3 Å². The van der Waals surface area contributed by atoms with Crippen molar-refractivity contribution >= 4 is 5.97 Å². The minimum absolute atomic E-state index is 0.0503. The Bertz CT molecular complexity index is 496. The molecule has 0 saturated carbocycles. The number of fused-ring (bicyclic) bond motifs is 1. The standard InChI is InChI=1S/C14H14O2/c1-14(2,3)8-7-10-5-4-6-11-9-12(15)16-13(10)11/h4-6H,9H2,1-3H3. The number of carbonyl (C=O) groups is 1. The molecule has 0 aliphatic carbocycles. The maximum absolute atomic E-state index is 11.2. The molecule has 0 N–H and O–H groups in total. The van der Waals surface area contributed by atoms with Gasteiger partial charge in [0.15, 0.2) is 0 Å². The van der Waals surface area contributed by atoms with Gasteiger partial charge in [-0.1, -0.05) is 24.0 Å². The molecule has 1 aliphatic heterocycles. The van der Waals surface area contributed by atoms with Gasteiger partial charge in [-0.2, -0.15) is 0 Å². The van der Waals surface area contributed by atoms with E-state index in [1.807, 2.05) is 18.2 Å². The number of esters is 1. The first-order chi connectivity index (χ1) is 7.46. The lowest BCUT2D eigenvalue weighted by Gasteiger charge is -2.07. The molecule has 1 aromatic rings. The zero-order valence-corrected chi connectivity index (χ0v) is 9.76. The summed E-state index contributed by atoms with van der Waals surface area (Å²) in [6.45, 7) is 6.15. The minimum atomic E-state index is -0.194. The Hall–Kier alpha value is -1.75. The highest BCUT2D eigenvalue weighted by atomic mass is 16.5. The third-order valence-corrected chi connectivity index (χ3v) is 2.22. The zero-order chi connectivity index (χ0) is 11.8. The molecule has 0 saturated heterocycles. The van der Waals surface area contributed by atoms with Crippen molar-refractivity contribution in [1.29, 1.82) is 0 Å². The predicted octanol–water partition coefficient (Wildman–Crippen LogP) is 2.55. The minimum Gasteiger partial charge on any atom is -0.425 e. The zero-order valence-electron chi connectivity index (χ0n) is 9.76. The fourth-order valence-corrected chi connectivity index (χ4v) is 1.50. The van der Waals surface area contributed by atoms with E-state index in [0.717, 1.165) is 11.1 Å². The topological polar surface area (TPSA) is 26.3 Å². The van der Waals surface area contributed by atoms with Crippen molar-refractivity contribution in [2.24, 2.45) is 5.41 Å². The fraction of sp³-hybridized carbons (Fsp3) is 0.357. The summed E-state index contributed by atoms with van der Waals surface area (Å²) in [7, 11) is 0. The number of para-hydroxylation sites is 1. The van der Waals surface area contributed by atoms with Crippen LogP contribution in [0.2, 0.25) is 0 Å². The molecule has 2 rings (SSSR count). The van der Waals surface area contributed by atoms with Crippen molar-refractivity contribution in [2.75, 3.05) is 0 Å². The third kappa shape index (κ3) is 2.25. The first-order valence-corrected chi connectivity index (χ1v) is 5.31. The number of carbonyl (C=O) groups excluding carboxylic acids is 1. The lowest BCUT2D eigenvalue weighted by molar-refractivity contribution is -0.131. The molecule has 82 valence electrons. The van der Waals surface area contributed by atoms with Crippen LogP contribution in [0.1, 0.15) is 31.9 Å². The predicted molar refractivity (Wildman–Crippen MR) is 62.1 cm³/mol. The highest BCUT2D eigenvalue weighted by Gasteiger charge is 2.22. The second-order valence-electron chi connectivity index (χ2n) is 4.94. The smallest absolute Gasteiger partial charge is 0.315 e. The van der Waals surface area contributed by atoms with Crippen LogP contribution in [-0.4, -0.2) is 5.97 Å². The van der Waals surface area contributed by atoms with Crippen molar-refractivity contribution in [3.63, 3.8) is 0 Å². The van der Waals surface area contributed by atoms with Crippen LogP contribution in [0.5, 0.6) is 5.75 Å². The molecule has 1 aliphatic rings. The van der Waals surface area contributed by atoms with E-state index in [1.54, 1.807) is 0 Å². The molecule has 2 heteroatoms. The van der Waals surface area contributed by atoms with E-state index in [2.05, 4.69) is 32.6 Å². The highest BCUT2D eigenvalue weighted by Crippen LogP contribution is 2.29. The summed E-state index contributed by atoms with van der Waals surface area (Å²) in [4.78, 5) is 11.2. The number of hydrogen-bond donors (Lipinski definition) is 0. The van der Waals surface area contributed by atoms with Crippen molar-refractivity contribution in [1.82, 2.24) is 0 Å². The SMILES string of the molecule is CC(C)(C)C#Cc1cccc2c1OC(=O)C2. The van der Waals surface area contributed by atoms with Crippen LogP contribution in [0.4, 0.5) is 0 Å². The van der Waals surface area contributed by atoms with Crippen LogP contribution in [-0.2, 0) is 11.2 Å². The monoisotopic (exact) mass is 214 g/mol. The highest BCUT2D eigenvalue weighted by molar-refractivity contribution is 5.82. The van der Waals surface area contributed by atoms with Gasteiger partial charge < -0.3 is 4.74 Å². The Kier molecular flexibility index (Phi) is 2.47. The maximum atomic E-state index is 11.2. The van der Waals surface area contributed by atoms with Crippen LogP contribution in [0.15, 0.2) is 18.2 Å². The second kappa shape index (κ2) is 3.68. The van der Waals surface area contributed by atoms with Gasteiger partial charge in [0.05, 0.1) is 12.0 Å². The Labute approximate surface area is 95.6 Å². The number of hydrogen-bond acceptors (Lipinski definition) is 2. The van der Waals surface area contributed by atoms with Gasteiger partial charge in [-0.05, 0) is 26.8 Å². The van der Waals surface area contributed by atoms with Gasteiger partial charge in [-0.3, -0.25) is 4.79 Å². The number of benzene rings is 1. The summed E-state index contributed by atoms with van der Waals surface area (Å²) < 4.78 is 5.16. The van der Waals surface area contributed by atoms with Gasteiger partial charge >= 0.3 is 5.97 Å². The average molecular weight is 214 g/mol. The quantitative estimate of drug-likeness (QED) is 0.377. The molecule has 0 bridgehead atoms. The van der Waals surface area contributed by atoms with Gasteiger partial charge in [-0.15, -0.1) is 0 Å². The molecular weight excluding hydrogens is 200 g/mol. The summed E-state index contributed by atoms with van der Waals surface area (Å²) in [6, 6.07) is 5.70. The lowest BCUT2D eigenvalue weighted by Crippen LogP contribution is -2.01. The van der Waals surface area contributed by atoms with Crippen LogP contribution < -0.4 is 4.74 Å². The molecule has 0 atom stereocenters. The molecule has 0 unspecified atom stereocenters. The van der Waals surface area contributed by atoms with Gasteiger partial charge in [0.2, 0.25) is 0 Å². The summed E-state index contributed by atoms with van der Waals surface area (Å²) >= 11 is 0.